The van der Waals surface area contributed by atoms with E-state index in [1.165, 1.54) is 7.11 Å². The molecule has 0 saturated heterocycles. The van der Waals surface area contributed by atoms with Crippen molar-refractivity contribution in [3.8, 4) is 5.75 Å². The molecule has 2 aromatic rings. The zero-order valence-corrected chi connectivity index (χ0v) is 11.4. The minimum absolute atomic E-state index is 0.215. The van der Waals surface area contributed by atoms with E-state index < -0.39 is 0 Å². The van der Waals surface area contributed by atoms with E-state index in [2.05, 4.69) is 10.3 Å². The molecule has 0 bridgehead atoms. The molecular weight excluding hydrogens is 267 g/mol. The summed E-state index contributed by atoms with van der Waals surface area (Å²) in [4.78, 5) is 4.22. The fourth-order valence-corrected chi connectivity index (χ4v) is 2.04. The number of hydrogen-bond acceptors (Lipinski definition) is 3. The van der Waals surface area contributed by atoms with Gasteiger partial charge in [0.2, 0.25) is 0 Å². The lowest BCUT2D eigenvalue weighted by Crippen LogP contribution is -2.20. The van der Waals surface area contributed by atoms with E-state index in [4.69, 9.17) is 16.3 Å². The predicted octanol–water partition coefficient (Wildman–Crippen LogP) is 3.19. The van der Waals surface area contributed by atoms with Gasteiger partial charge in [-0.1, -0.05) is 23.7 Å². The van der Waals surface area contributed by atoms with Gasteiger partial charge in [-0.05, 0) is 25.2 Å². The maximum atomic E-state index is 14.3. The minimum Gasteiger partial charge on any atom is -0.494 e. The van der Waals surface area contributed by atoms with E-state index in [0.717, 1.165) is 0 Å². The average molecular weight is 281 g/mol. The lowest BCUT2D eigenvalue weighted by atomic mass is 10.0. The molecule has 0 aliphatic heterocycles. The highest BCUT2D eigenvalue weighted by Crippen LogP contribution is 2.28. The van der Waals surface area contributed by atoms with Crippen LogP contribution in [0.2, 0.25) is 5.02 Å². The Hall–Kier alpha value is -1.65. The van der Waals surface area contributed by atoms with Gasteiger partial charge in [0.25, 0.3) is 0 Å². The summed E-state index contributed by atoms with van der Waals surface area (Å²) in [6.45, 7) is 0. The van der Waals surface area contributed by atoms with Gasteiger partial charge >= 0.3 is 0 Å². The van der Waals surface area contributed by atoms with E-state index >= 15 is 0 Å². The molecule has 1 N–H and O–H groups in total. The summed E-state index contributed by atoms with van der Waals surface area (Å²) in [6, 6.07) is 8.18. The fourth-order valence-electron chi connectivity index (χ4n) is 1.93. The van der Waals surface area contributed by atoms with Crippen molar-refractivity contribution in [1.82, 2.24) is 10.3 Å². The highest BCUT2D eigenvalue weighted by Gasteiger charge is 2.19. The van der Waals surface area contributed by atoms with Crippen LogP contribution in [-0.4, -0.2) is 19.1 Å². The molecule has 0 saturated carbocycles. The number of nitrogens with zero attached hydrogens (tertiary/aromatic N) is 1. The maximum absolute atomic E-state index is 14.3. The van der Waals surface area contributed by atoms with Crippen LogP contribution in [0.5, 0.6) is 5.75 Å². The summed E-state index contributed by atoms with van der Waals surface area (Å²) >= 11 is 5.81. The van der Waals surface area contributed by atoms with Crippen LogP contribution in [0, 0.1) is 5.82 Å². The lowest BCUT2D eigenvalue weighted by Gasteiger charge is -2.18. The summed E-state index contributed by atoms with van der Waals surface area (Å²) in [5, 5.41) is 3.59. The number of nitrogens with one attached hydrogen (secondary N) is 1. The summed E-state index contributed by atoms with van der Waals surface area (Å²) < 4.78 is 19.2. The number of benzene rings is 1. The standard InChI is InChI=1S/C14H14ClFN2O/c1-17-14(11-7-6-9(15)8-18-11)10-4-3-5-12(19-2)13(10)16/h3-8,14,17H,1-2H3. The summed E-state index contributed by atoms with van der Waals surface area (Å²) in [5.74, 6) is -0.173. The van der Waals surface area contributed by atoms with Gasteiger partial charge in [-0.15, -0.1) is 0 Å². The SMILES string of the molecule is CNC(c1ccc(Cl)cn1)c1cccc(OC)c1F. The topological polar surface area (TPSA) is 34.2 Å². The Kier molecular flexibility index (Phi) is 4.35. The van der Waals surface area contributed by atoms with Crippen LogP contribution in [0.4, 0.5) is 4.39 Å². The molecule has 0 radical (unpaired) electrons. The zero-order valence-electron chi connectivity index (χ0n) is 10.7. The van der Waals surface area contributed by atoms with E-state index in [-0.39, 0.29) is 17.6 Å². The van der Waals surface area contributed by atoms with Crippen molar-refractivity contribution >= 4 is 11.6 Å². The van der Waals surface area contributed by atoms with Crippen LogP contribution in [0.1, 0.15) is 17.3 Å². The Morgan fingerprint density at radius 3 is 2.68 bits per heavy atom. The molecule has 0 aliphatic carbocycles. The molecule has 1 heterocycles. The second-order valence-electron chi connectivity index (χ2n) is 3.99. The van der Waals surface area contributed by atoms with Gasteiger partial charge < -0.3 is 10.1 Å². The molecule has 1 unspecified atom stereocenters. The van der Waals surface area contributed by atoms with E-state index in [1.54, 1.807) is 43.6 Å². The number of aromatic nitrogens is 1. The number of methoxy groups -OCH3 is 1. The molecular formula is C14H14ClFN2O. The van der Waals surface area contributed by atoms with E-state index in [9.17, 15) is 4.39 Å². The molecule has 1 aromatic heterocycles. The van der Waals surface area contributed by atoms with Crippen LogP contribution >= 0.6 is 11.6 Å². The van der Waals surface area contributed by atoms with Crippen molar-refractivity contribution in [2.45, 2.75) is 6.04 Å². The third-order valence-corrected chi connectivity index (χ3v) is 3.08. The van der Waals surface area contributed by atoms with Crippen LogP contribution in [0.25, 0.3) is 0 Å². The zero-order chi connectivity index (χ0) is 13.8. The highest BCUT2D eigenvalue weighted by molar-refractivity contribution is 6.30. The van der Waals surface area contributed by atoms with Crippen molar-refractivity contribution in [3.63, 3.8) is 0 Å². The number of pyridine rings is 1. The largest absolute Gasteiger partial charge is 0.494 e. The summed E-state index contributed by atoms with van der Waals surface area (Å²) in [5.41, 5.74) is 1.18. The van der Waals surface area contributed by atoms with Gasteiger partial charge in [-0.25, -0.2) is 4.39 Å². The average Bonchev–Trinajstić information content (AvgIpc) is 2.43. The van der Waals surface area contributed by atoms with E-state index in [1.807, 2.05) is 0 Å². The van der Waals surface area contributed by atoms with Crippen molar-refractivity contribution in [2.24, 2.45) is 0 Å². The molecule has 1 aromatic carbocycles. The predicted molar refractivity (Wildman–Crippen MR) is 73.1 cm³/mol. The smallest absolute Gasteiger partial charge is 0.170 e. The minimum atomic E-state index is -0.388. The van der Waals surface area contributed by atoms with Crippen molar-refractivity contribution in [3.05, 3.63) is 58.6 Å². The Morgan fingerprint density at radius 1 is 1.32 bits per heavy atom. The molecule has 2 rings (SSSR count). The molecule has 0 aliphatic rings. The van der Waals surface area contributed by atoms with Crippen LogP contribution in [0.3, 0.4) is 0 Å². The normalized spacial score (nSPS) is 12.2. The second kappa shape index (κ2) is 5.99. The molecule has 19 heavy (non-hydrogen) atoms. The van der Waals surface area contributed by atoms with Crippen molar-refractivity contribution in [2.75, 3.05) is 14.2 Å². The number of hydrogen-bond donors (Lipinski definition) is 1. The Labute approximate surface area is 116 Å². The second-order valence-corrected chi connectivity index (χ2v) is 4.42. The molecule has 3 nitrogen and oxygen atoms in total. The molecule has 0 fully saturated rings. The van der Waals surface area contributed by atoms with E-state index in [0.29, 0.717) is 16.3 Å². The van der Waals surface area contributed by atoms with Gasteiger partial charge in [0.15, 0.2) is 11.6 Å². The first-order valence-electron chi connectivity index (χ1n) is 5.78. The van der Waals surface area contributed by atoms with Gasteiger partial charge in [0, 0.05) is 11.8 Å². The first-order chi connectivity index (χ1) is 9.17. The van der Waals surface area contributed by atoms with Crippen molar-refractivity contribution in [1.29, 1.82) is 0 Å². The molecule has 5 heteroatoms. The molecule has 1 atom stereocenters. The molecule has 0 amide bonds. The van der Waals surface area contributed by atoms with Crippen LogP contribution in [-0.2, 0) is 0 Å². The van der Waals surface area contributed by atoms with Gasteiger partial charge in [-0.2, -0.15) is 0 Å². The number of halogens is 2. The summed E-state index contributed by atoms with van der Waals surface area (Å²) in [7, 11) is 3.19. The molecule has 100 valence electrons. The monoisotopic (exact) mass is 280 g/mol. The summed E-state index contributed by atoms with van der Waals surface area (Å²) in [6.07, 6.45) is 1.54. The molecule has 0 spiro atoms. The van der Waals surface area contributed by atoms with Gasteiger partial charge in [-0.3, -0.25) is 4.98 Å². The maximum Gasteiger partial charge on any atom is 0.170 e. The first kappa shape index (κ1) is 13.8. The highest BCUT2D eigenvalue weighted by atomic mass is 35.5. The first-order valence-corrected chi connectivity index (χ1v) is 6.16. The Bertz CT molecular complexity index is 560. The van der Waals surface area contributed by atoms with Crippen molar-refractivity contribution < 1.29 is 9.13 Å². The number of rotatable bonds is 4. The van der Waals surface area contributed by atoms with Crippen LogP contribution < -0.4 is 10.1 Å². The van der Waals surface area contributed by atoms with Gasteiger partial charge in [0.05, 0.1) is 23.9 Å². The van der Waals surface area contributed by atoms with Gasteiger partial charge in [0.1, 0.15) is 0 Å². The fraction of sp³-hybridized carbons (Fsp3) is 0.214. The number of ether oxygens (including phenoxy) is 1. The lowest BCUT2D eigenvalue weighted by molar-refractivity contribution is 0.382. The quantitative estimate of drug-likeness (QED) is 0.934. The Morgan fingerprint density at radius 2 is 2.11 bits per heavy atom. The third kappa shape index (κ3) is 2.85. The third-order valence-electron chi connectivity index (χ3n) is 2.86. The Balaban J connectivity index is 2.45. The van der Waals surface area contributed by atoms with Crippen LogP contribution in [0.15, 0.2) is 36.5 Å².